The number of piperidine rings is 1. The summed E-state index contributed by atoms with van der Waals surface area (Å²) in [6.07, 6.45) is 11.0. The second-order valence-electron chi connectivity index (χ2n) is 6.26. The molecule has 0 unspecified atom stereocenters. The lowest BCUT2D eigenvalue weighted by molar-refractivity contribution is -0.130. The Bertz CT molecular complexity index is 482. The van der Waals surface area contributed by atoms with Gasteiger partial charge in [-0.15, -0.1) is 0 Å². The highest BCUT2D eigenvalue weighted by molar-refractivity contribution is 5.73. The van der Waals surface area contributed by atoms with Gasteiger partial charge in [0.25, 0.3) is 0 Å². The summed E-state index contributed by atoms with van der Waals surface area (Å²) in [5.74, 6) is 1.37. The zero-order valence-electron chi connectivity index (χ0n) is 12.7. The van der Waals surface area contributed by atoms with Crippen LogP contribution in [0.15, 0.2) is 12.4 Å². The van der Waals surface area contributed by atoms with E-state index in [4.69, 9.17) is 0 Å². The predicted molar refractivity (Wildman–Crippen MR) is 82.1 cm³/mol. The molecule has 2 fully saturated rings. The zero-order valence-corrected chi connectivity index (χ0v) is 12.7. The first kappa shape index (κ1) is 14.3. The number of likely N-dealkylation sites (tertiary alicyclic amines) is 1. The molecule has 1 amide bonds. The molecule has 1 N–H and O–H groups in total. The summed E-state index contributed by atoms with van der Waals surface area (Å²) in [4.78, 5) is 22.5. The van der Waals surface area contributed by atoms with E-state index >= 15 is 0 Å². The highest BCUT2D eigenvalue weighted by Crippen LogP contribution is 2.26. The van der Waals surface area contributed by atoms with E-state index in [0.717, 1.165) is 37.4 Å². The first-order chi connectivity index (χ1) is 10.2. The van der Waals surface area contributed by atoms with Crippen LogP contribution >= 0.6 is 0 Å². The summed E-state index contributed by atoms with van der Waals surface area (Å²) >= 11 is 0. The Morgan fingerprint density at radius 1 is 1.19 bits per heavy atom. The van der Waals surface area contributed by atoms with Gasteiger partial charge in [0, 0.05) is 32.0 Å². The maximum absolute atomic E-state index is 11.5. The third-order valence-corrected chi connectivity index (χ3v) is 4.66. The summed E-state index contributed by atoms with van der Waals surface area (Å²) in [5, 5.41) is 3.46. The molecule has 1 atom stereocenters. The van der Waals surface area contributed by atoms with E-state index in [1.807, 2.05) is 17.3 Å². The highest BCUT2D eigenvalue weighted by Gasteiger charge is 2.24. The van der Waals surface area contributed by atoms with Crippen LogP contribution in [0.5, 0.6) is 0 Å². The first-order valence-corrected chi connectivity index (χ1v) is 8.06. The van der Waals surface area contributed by atoms with Gasteiger partial charge in [-0.05, 0) is 25.7 Å². The lowest BCUT2D eigenvalue weighted by Crippen LogP contribution is -2.37. The van der Waals surface area contributed by atoms with Gasteiger partial charge in [0.15, 0.2) is 0 Å². The van der Waals surface area contributed by atoms with Crippen LogP contribution in [-0.4, -0.2) is 39.9 Å². The molecule has 114 valence electrons. The number of nitrogens with zero attached hydrogens (tertiary/aromatic N) is 3. The van der Waals surface area contributed by atoms with Crippen molar-refractivity contribution in [1.82, 2.24) is 14.9 Å². The van der Waals surface area contributed by atoms with E-state index < -0.39 is 0 Å². The molecule has 21 heavy (non-hydrogen) atoms. The molecule has 0 aromatic carbocycles. The van der Waals surface area contributed by atoms with Gasteiger partial charge in [-0.1, -0.05) is 12.8 Å². The van der Waals surface area contributed by atoms with E-state index in [1.54, 1.807) is 6.92 Å². The SMILES string of the molecule is CC(=O)N1CCC[C@H](c2cnc(NC3CCCC3)cn2)C1. The monoisotopic (exact) mass is 288 g/mol. The number of aromatic nitrogens is 2. The number of anilines is 1. The van der Waals surface area contributed by atoms with Crippen LogP contribution in [0.1, 0.15) is 57.1 Å². The standard InChI is InChI=1S/C16H24N4O/c1-12(21)20-8-4-5-13(11-20)15-9-18-16(10-17-15)19-14-6-2-3-7-14/h9-10,13-14H,2-8,11H2,1H3,(H,18,19)/t13-/m0/s1. The van der Waals surface area contributed by atoms with Crippen molar-refractivity contribution in [2.24, 2.45) is 0 Å². The average Bonchev–Trinajstić information content (AvgIpc) is 3.01. The number of hydrogen-bond donors (Lipinski definition) is 1. The maximum atomic E-state index is 11.5. The van der Waals surface area contributed by atoms with Crippen LogP contribution in [0, 0.1) is 0 Å². The molecule has 3 rings (SSSR count). The van der Waals surface area contributed by atoms with Crippen LogP contribution in [0.4, 0.5) is 5.82 Å². The lowest BCUT2D eigenvalue weighted by Gasteiger charge is -2.31. The fourth-order valence-electron chi connectivity index (χ4n) is 3.41. The first-order valence-electron chi connectivity index (χ1n) is 8.06. The van der Waals surface area contributed by atoms with Crippen molar-refractivity contribution in [3.63, 3.8) is 0 Å². The van der Waals surface area contributed by atoms with Gasteiger partial charge in [0.05, 0.1) is 18.1 Å². The second-order valence-corrected chi connectivity index (χ2v) is 6.26. The number of carbonyl (C=O) groups is 1. The molecule has 1 aromatic rings. The Balaban J connectivity index is 1.61. The third kappa shape index (κ3) is 3.52. The van der Waals surface area contributed by atoms with Crippen molar-refractivity contribution >= 4 is 11.7 Å². The minimum absolute atomic E-state index is 0.159. The Hall–Kier alpha value is -1.65. The number of hydrogen-bond acceptors (Lipinski definition) is 4. The van der Waals surface area contributed by atoms with E-state index in [1.165, 1.54) is 25.7 Å². The summed E-state index contributed by atoms with van der Waals surface area (Å²) in [6.45, 7) is 3.29. The maximum Gasteiger partial charge on any atom is 0.219 e. The molecular weight excluding hydrogens is 264 g/mol. The molecule has 2 aliphatic rings. The quantitative estimate of drug-likeness (QED) is 0.928. The van der Waals surface area contributed by atoms with Gasteiger partial charge >= 0.3 is 0 Å². The fourth-order valence-corrected chi connectivity index (χ4v) is 3.41. The molecule has 1 saturated heterocycles. The van der Waals surface area contributed by atoms with Crippen LogP contribution in [0.3, 0.4) is 0 Å². The van der Waals surface area contributed by atoms with E-state index in [2.05, 4.69) is 15.3 Å². The number of nitrogens with one attached hydrogen (secondary N) is 1. The van der Waals surface area contributed by atoms with Crippen molar-refractivity contribution in [2.45, 2.75) is 57.4 Å². The van der Waals surface area contributed by atoms with Crippen molar-refractivity contribution in [1.29, 1.82) is 0 Å². The van der Waals surface area contributed by atoms with Gasteiger partial charge in [0.1, 0.15) is 5.82 Å². The molecular formula is C16H24N4O. The van der Waals surface area contributed by atoms with Crippen LogP contribution in [0.25, 0.3) is 0 Å². The van der Waals surface area contributed by atoms with Crippen molar-refractivity contribution in [3.8, 4) is 0 Å². The molecule has 2 heterocycles. The normalized spacial score (nSPS) is 23.3. The molecule has 0 radical (unpaired) electrons. The van der Waals surface area contributed by atoms with Crippen LogP contribution < -0.4 is 5.32 Å². The smallest absolute Gasteiger partial charge is 0.219 e. The molecule has 5 heteroatoms. The Labute approximate surface area is 126 Å². The van der Waals surface area contributed by atoms with E-state index in [0.29, 0.717) is 12.0 Å². The molecule has 1 saturated carbocycles. The minimum atomic E-state index is 0.159. The Kier molecular flexibility index (Phi) is 4.36. The van der Waals surface area contributed by atoms with Gasteiger partial charge in [-0.2, -0.15) is 0 Å². The number of rotatable bonds is 3. The van der Waals surface area contributed by atoms with Gasteiger partial charge in [-0.3, -0.25) is 9.78 Å². The Morgan fingerprint density at radius 3 is 2.67 bits per heavy atom. The highest BCUT2D eigenvalue weighted by atomic mass is 16.2. The topological polar surface area (TPSA) is 58.1 Å². The molecule has 0 bridgehead atoms. The van der Waals surface area contributed by atoms with Gasteiger partial charge in [-0.25, -0.2) is 4.98 Å². The second kappa shape index (κ2) is 6.41. The molecule has 5 nitrogen and oxygen atoms in total. The molecule has 1 aliphatic carbocycles. The average molecular weight is 288 g/mol. The number of amides is 1. The molecule has 1 aliphatic heterocycles. The summed E-state index contributed by atoms with van der Waals surface area (Å²) in [5.41, 5.74) is 1.01. The lowest BCUT2D eigenvalue weighted by atomic mass is 9.95. The number of carbonyl (C=O) groups excluding carboxylic acids is 1. The predicted octanol–water partition coefficient (Wildman–Crippen LogP) is 2.56. The fraction of sp³-hybridized carbons (Fsp3) is 0.688. The zero-order chi connectivity index (χ0) is 14.7. The van der Waals surface area contributed by atoms with Gasteiger partial charge < -0.3 is 10.2 Å². The summed E-state index contributed by atoms with van der Waals surface area (Å²) in [7, 11) is 0. The van der Waals surface area contributed by atoms with Crippen molar-refractivity contribution < 1.29 is 4.79 Å². The van der Waals surface area contributed by atoms with E-state index in [9.17, 15) is 4.79 Å². The van der Waals surface area contributed by atoms with Crippen molar-refractivity contribution in [3.05, 3.63) is 18.1 Å². The molecule has 0 spiro atoms. The van der Waals surface area contributed by atoms with Gasteiger partial charge in [0.2, 0.25) is 5.91 Å². The van der Waals surface area contributed by atoms with Crippen LogP contribution in [0.2, 0.25) is 0 Å². The van der Waals surface area contributed by atoms with E-state index in [-0.39, 0.29) is 5.91 Å². The van der Waals surface area contributed by atoms with Crippen molar-refractivity contribution in [2.75, 3.05) is 18.4 Å². The Morgan fingerprint density at radius 2 is 2.00 bits per heavy atom. The molecule has 1 aromatic heterocycles. The third-order valence-electron chi connectivity index (χ3n) is 4.66. The summed E-state index contributed by atoms with van der Waals surface area (Å²) < 4.78 is 0. The van der Waals surface area contributed by atoms with Crippen LogP contribution in [-0.2, 0) is 4.79 Å². The summed E-state index contributed by atoms with van der Waals surface area (Å²) in [6, 6.07) is 0.563. The largest absolute Gasteiger partial charge is 0.366 e. The minimum Gasteiger partial charge on any atom is -0.366 e.